The lowest BCUT2D eigenvalue weighted by Crippen LogP contribution is -2.41. The number of aromatic hydroxyl groups is 1. The van der Waals surface area contributed by atoms with E-state index in [1.807, 2.05) is 30.3 Å². The Morgan fingerprint density at radius 1 is 1.21 bits per heavy atom. The van der Waals surface area contributed by atoms with Crippen LogP contribution in [0.2, 0.25) is 0 Å². The van der Waals surface area contributed by atoms with Crippen molar-refractivity contribution in [2.75, 3.05) is 0 Å². The van der Waals surface area contributed by atoms with Crippen molar-refractivity contribution in [3.8, 4) is 5.75 Å². The molecule has 2 aromatic rings. The van der Waals surface area contributed by atoms with Gasteiger partial charge < -0.3 is 15.5 Å². The van der Waals surface area contributed by atoms with Gasteiger partial charge in [-0.3, -0.25) is 9.78 Å². The van der Waals surface area contributed by atoms with E-state index in [0.717, 1.165) is 11.3 Å². The quantitative estimate of drug-likeness (QED) is 0.761. The molecule has 5 nitrogen and oxygen atoms in total. The van der Waals surface area contributed by atoms with Gasteiger partial charge in [0.05, 0.1) is 17.8 Å². The first-order chi connectivity index (χ1) is 11.6. The van der Waals surface area contributed by atoms with E-state index in [1.165, 1.54) is 0 Å². The number of hydrogen-bond donors (Lipinski definition) is 3. The number of benzene rings is 1. The molecule has 1 amide bonds. The number of nitrogens with one attached hydrogen (secondary N) is 1. The average molecular weight is 326 g/mol. The normalized spacial score (nSPS) is 20.9. The summed E-state index contributed by atoms with van der Waals surface area (Å²) in [6, 6.07) is 12.4. The molecule has 3 N–H and O–H groups in total. The minimum absolute atomic E-state index is 0.0277. The number of aliphatic hydroxyl groups is 1. The fraction of sp³-hybridized carbons (Fsp3) is 0.368. The Morgan fingerprint density at radius 3 is 2.58 bits per heavy atom. The van der Waals surface area contributed by atoms with E-state index in [0.29, 0.717) is 25.7 Å². The smallest absolute Gasteiger partial charge is 0.220 e. The van der Waals surface area contributed by atoms with Crippen LogP contribution in [0.4, 0.5) is 0 Å². The zero-order chi connectivity index (χ0) is 16.9. The molecule has 0 saturated heterocycles. The summed E-state index contributed by atoms with van der Waals surface area (Å²) in [5.74, 6) is 0.426. The van der Waals surface area contributed by atoms with Crippen LogP contribution in [0.25, 0.3) is 0 Å². The topological polar surface area (TPSA) is 82.5 Å². The van der Waals surface area contributed by atoms with Gasteiger partial charge in [-0.2, -0.15) is 0 Å². The lowest BCUT2D eigenvalue weighted by atomic mass is 9.76. The van der Waals surface area contributed by atoms with Crippen molar-refractivity contribution in [2.45, 2.75) is 37.8 Å². The van der Waals surface area contributed by atoms with Crippen molar-refractivity contribution in [3.63, 3.8) is 0 Å². The number of carbonyl (C=O) groups excluding carboxylic acids is 1. The Morgan fingerprint density at radius 2 is 1.96 bits per heavy atom. The van der Waals surface area contributed by atoms with Gasteiger partial charge in [0.25, 0.3) is 0 Å². The van der Waals surface area contributed by atoms with Crippen LogP contribution in [-0.4, -0.2) is 27.2 Å². The van der Waals surface area contributed by atoms with Gasteiger partial charge in [-0.05, 0) is 55.0 Å². The highest BCUT2D eigenvalue weighted by Gasteiger charge is 2.36. The van der Waals surface area contributed by atoms with Crippen LogP contribution in [0.5, 0.6) is 5.75 Å². The third-order valence-electron chi connectivity index (χ3n) is 4.52. The van der Waals surface area contributed by atoms with Gasteiger partial charge in [0.1, 0.15) is 5.75 Å². The standard InChI is InChI=1S/C19H22N2O3/c22-15-7-4-13(5-8-15)6-9-18(24)21-19(14-11-16(23)12-14)17-3-1-2-10-20-17/h1-5,7-8,10,14,16,19,22-23H,6,9,11-12H2,(H,21,24)/t14?,16?,19-/m1/s1. The molecule has 5 heteroatoms. The van der Waals surface area contributed by atoms with E-state index in [1.54, 1.807) is 18.3 Å². The number of amides is 1. The molecule has 0 radical (unpaired) electrons. The number of phenols is 1. The zero-order valence-corrected chi connectivity index (χ0v) is 13.4. The third-order valence-corrected chi connectivity index (χ3v) is 4.52. The summed E-state index contributed by atoms with van der Waals surface area (Å²) < 4.78 is 0. The maximum atomic E-state index is 12.3. The van der Waals surface area contributed by atoms with Crippen LogP contribution >= 0.6 is 0 Å². The molecule has 1 atom stereocenters. The molecule has 3 rings (SSSR count). The van der Waals surface area contributed by atoms with Crippen molar-refractivity contribution >= 4 is 5.91 Å². The molecule has 0 bridgehead atoms. The molecule has 24 heavy (non-hydrogen) atoms. The van der Waals surface area contributed by atoms with E-state index in [-0.39, 0.29) is 29.7 Å². The molecule has 1 aliphatic carbocycles. The monoisotopic (exact) mass is 326 g/mol. The van der Waals surface area contributed by atoms with E-state index in [4.69, 9.17) is 0 Å². The van der Waals surface area contributed by atoms with Crippen LogP contribution in [-0.2, 0) is 11.2 Å². The van der Waals surface area contributed by atoms with Gasteiger partial charge in [-0.1, -0.05) is 18.2 Å². The number of nitrogens with zero attached hydrogens (tertiary/aromatic N) is 1. The molecule has 1 fully saturated rings. The Bertz CT molecular complexity index is 667. The summed E-state index contributed by atoms with van der Waals surface area (Å²) in [7, 11) is 0. The molecule has 1 heterocycles. The molecule has 0 unspecified atom stereocenters. The summed E-state index contributed by atoms with van der Waals surface area (Å²) in [6.07, 6.45) is 3.84. The molecule has 0 spiro atoms. The molecule has 1 aromatic carbocycles. The van der Waals surface area contributed by atoms with E-state index < -0.39 is 0 Å². The second-order valence-electron chi connectivity index (χ2n) is 6.35. The summed E-state index contributed by atoms with van der Waals surface area (Å²) >= 11 is 0. The SMILES string of the molecule is O=C(CCc1ccc(O)cc1)N[C@@H](c1ccccn1)C1CC(O)C1. The van der Waals surface area contributed by atoms with Crippen LogP contribution in [0.1, 0.15) is 36.6 Å². The molecule has 126 valence electrons. The first-order valence-electron chi connectivity index (χ1n) is 8.28. The average Bonchev–Trinajstić information content (AvgIpc) is 2.57. The first-order valence-corrected chi connectivity index (χ1v) is 8.28. The molecule has 1 saturated carbocycles. The summed E-state index contributed by atoms with van der Waals surface area (Å²) in [4.78, 5) is 16.7. The number of aliphatic hydroxyl groups excluding tert-OH is 1. The van der Waals surface area contributed by atoms with Crippen LogP contribution in [0, 0.1) is 5.92 Å². The number of aromatic nitrogens is 1. The second kappa shape index (κ2) is 7.45. The van der Waals surface area contributed by atoms with Gasteiger partial charge in [0, 0.05) is 12.6 Å². The van der Waals surface area contributed by atoms with Gasteiger partial charge in [-0.25, -0.2) is 0 Å². The van der Waals surface area contributed by atoms with Crippen molar-refractivity contribution in [2.24, 2.45) is 5.92 Å². The maximum absolute atomic E-state index is 12.3. The fourth-order valence-corrected chi connectivity index (χ4v) is 3.06. The lowest BCUT2D eigenvalue weighted by molar-refractivity contribution is -0.123. The zero-order valence-electron chi connectivity index (χ0n) is 13.4. The number of phenolic OH excluding ortho intramolecular Hbond substituents is 1. The maximum Gasteiger partial charge on any atom is 0.220 e. The van der Waals surface area contributed by atoms with Crippen molar-refractivity contribution in [3.05, 3.63) is 59.9 Å². The minimum Gasteiger partial charge on any atom is -0.508 e. The predicted octanol–water partition coefficient (Wildman–Crippen LogP) is 2.35. The Balaban J connectivity index is 1.59. The van der Waals surface area contributed by atoms with Crippen molar-refractivity contribution in [1.29, 1.82) is 0 Å². The van der Waals surface area contributed by atoms with Crippen molar-refractivity contribution < 1.29 is 15.0 Å². The van der Waals surface area contributed by atoms with E-state index >= 15 is 0 Å². The second-order valence-corrected chi connectivity index (χ2v) is 6.35. The Hall–Kier alpha value is -2.40. The minimum atomic E-state index is -0.268. The van der Waals surface area contributed by atoms with Gasteiger partial charge in [0.15, 0.2) is 0 Å². The molecular weight excluding hydrogens is 304 g/mol. The van der Waals surface area contributed by atoms with Crippen LogP contribution in [0.3, 0.4) is 0 Å². The van der Waals surface area contributed by atoms with E-state index in [9.17, 15) is 15.0 Å². The number of carbonyl (C=O) groups is 1. The molecule has 1 aliphatic rings. The molecule has 1 aromatic heterocycles. The summed E-state index contributed by atoms with van der Waals surface area (Å²) in [6.45, 7) is 0. The highest BCUT2D eigenvalue weighted by atomic mass is 16.3. The van der Waals surface area contributed by atoms with Crippen LogP contribution < -0.4 is 5.32 Å². The third kappa shape index (κ3) is 4.11. The number of hydrogen-bond acceptors (Lipinski definition) is 4. The highest BCUT2D eigenvalue weighted by molar-refractivity contribution is 5.76. The van der Waals surface area contributed by atoms with E-state index in [2.05, 4.69) is 10.3 Å². The van der Waals surface area contributed by atoms with Gasteiger partial charge in [0.2, 0.25) is 5.91 Å². The molecular formula is C19H22N2O3. The Labute approximate surface area is 141 Å². The number of rotatable bonds is 6. The largest absolute Gasteiger partial charge is 0.508 e. The Kier molecular flexibility index (Phi) is 5.11. The number of aryl methyl sites for hydroxylation is 1. The van der Waals surface area contributed by atoms with Gasteiger partial charge in [-0.15, -0.1) is 0 Å². The molecule has 0 aliphatic heterocycles. The first kappa shape index (κ1) is 16.5. The predicted molar refractivity (Wildman–Crippen MR) is 90.3 cm³/mol. The summed E-state index contributed by atoms with van der Waals surface area (Å²) in [5.41, 5.74) is 1.85. The number of pyridine rings is 1. The summed E-state index contributed by atoms with van der Waals surface area (Å²) in [5, 5.41) is 21.9. The highest BCUT2D eigenvalue weighted by Crippen LogP contribution is 2.37. The van der Waals surface area contributed by atoms with Gasteiger partial charge >= 0.3 is 0 Å². The lowest BCUT2D eigenvalue weighted by Gasteiger charge is -2.37. The van der Waals surface area contributed by atoms with Crippen molar-refractivity contribution in [1.82, 2.24) is 10.3 Å². The fourth-order valence-electron chi connectivity index (χ4n) is 3.06. The van der Waals surface area contributed by atoms with Crippen LogP contribution in [0.15, 0.2) is 48.7 Å².